The predicted molar refractivity (Wildman–Crippen MR) is 97.4 cm³/mol. The van der Waals surface area contributed by atoms with Gasteiger partial charge in [0.2, 0.25) is 4.45 Å². The Morgan fingerprint density at radius 2 is 1.91 bits per heavy atom. The highest BCUT2D eigenvalue weighted by Crippen LogP contribution is 2.28. The Balaban J connectivity index is 1.74. The lowest BCUT2D eigenvalue weighted by atomic mass is 10.2. The second kappa shape index (κ2) is 8.73. The van der Waals surface area contributed by atoms with Crippen molar-refractivity contribution in [2.75, 3.05) is 5.75 Å². The minimum atomic E-state index is 0.0613. The van der Waals surface area contributed by atoms with E-state index in [0.717, 1.165) is 17.5 Å². The summed E-state index contributed by atoms with van der Waals surface area (Å²) in [5, 5.41) is 10.5. The highest BCUT2D eigenvalue weighted by Gasteiger charge is 2.07. The van der Waals surface area contributed by atoms with E-state index < -0.39 is 0 Å². The summed E-state index contributed by atoms with van der Waals surface area (Å²) >= 11 is 14.4. The highest BCUT2D eigenvalue weighted by molar-refractivity contribution is 8.38. The molecule has 2 aromatic rings. The van der Waals surface area contributed by atoms with E-state index in [2.05, 4.69) is 0 Å². The number of aromatic hydroxyl groups is 1. The zero-order chi connectivity index (χ0) is 15.9. The third-order valence-electron chi connectivity index (χ3n) is 2.88. The van der Waals surface area contributed by atoms with Crippen molar-refractivity contribution >= 4 is 51.2 Å². The van der Waals surface area contributed by atoms with Crippen LogP contribution >= 0.6 is 46.7 Å². The van der Waals surface area contributed by atoms with Gasteiger partial charge in [-0.25, -0.2) is 0 Å². The number of benzene rings is 2. The van der Waals surface area contributed by atoms with Crippen LogP contribution < -0.4 is 0 Å². The molecular weight excluding hydrogens is 359 g/mol. The second-order valence-corrected chi connectivity index (χ2v) is 7.66. The summed E-state index contributed by atoms with van der Waals surface area (Å²) in [6.45, 7) is 0. The average Bonchev–Trinajstić information content (AvgIpc) is 2.46. The summed E-state index contributed by atoms with van der Waals surface area (Å²) in [5.74, 6) is 1.47. The molecule has 0 bridgehead atoms. The fourth-order valence-corrected chi connectivity index (χ4v) is 4.13. The molecule has 0 fully saturated rings. The van der Waals surface area contributed by atoms with Crippen LogP contribution in [0.3, 0.4) is 0 Å². The molecule has 0 aliphatic rings. The lowest BCUT2D eigenvalue weighted by molar-refractivity contribution is 0.276. The maximum Gasteiger partial charge on any atom is 0.246 e. The van der Waals surface area contributed by atoms with E-state index in [0.29, 0.717) is 21.6 Å². The summed E-state index contributed by atoms with van der Waals surface area (Å²) in [6, 6.07) is 12.4. The molecule has 0 heterocycles. The van der Waals surface area contributed by atoms with Crippen LogP contribution in [-0.4, -0.2) is 15.3 Å². The quantitative estimate of drug-likeness (QED) is 0.695. The van der Waals surface area contributed by atoms with Crippen molar-refractivity contribution in [1.29, 1.82) is 0 Å². The van der Waals surface area contributed by atoms with Gasteiger partial charge in [-0.1, -0.05) is 64.9 Å². The standard InChI is InChI=1S/C16H14Cl2O2S2/c17-13-5-4-12(15(18)9-13)10-22-16(20)21-7-6-11-2-1-3-14(19)8-11/h1-5,8-9,19H,6-7,10H2. The number of carbonyl (C=O) groups excluding carboxylic acids is 1. The smallest absolute Gasteiger partial charge is 0.246 e. The van der Waals surface area contributed by atoms with Crippen LogP contribution in [0.5, 0.6) is 5.75 Å². The number of rotatable bonds is 5. The van der Waals surface area contributed by atoms with E-state index >= 15 is 0 Å². The van der Waals surface area contributed by atoms with Crippen LogP contribution in [0.4, 0.5) is 4.79 Å². The van der Waals surface area contributed by atoms with E-state index in [9.17, 15) is 9.90 Å². The Hall–Kier alpha value is -0.810. The molecule has 2 nitrogen and oxygen atoms in total. The summed E-state index contributed by atoms with van der Waals surface area (Å²) in [6.07, 6.45) is 0.743. The predicted octanol–water partition coefficient (Wildman–Crippen LogP) is 6.03. The molecule has 0 radical (unpaired) electrons. The Morgan fingerprint density at radius 1 is 1.09 bits per heavy atom. The maximum absolute atomic E-state index is 11.9. The SMILES string of the molecule is O=C(SCCc1cccc(O)c1)SCc1ccc(Cl)cc1Cl. The molecule has 0 amide bonds. The number of carbonyl (C=O) groups is 1. The van der Waals surface area contributed by atoms with Crippen molar-refractivity contribution in [3.8, 4) is 5.75 Å². The third kappa shape index (κ3) is 5.76. The number of thioether (sulfide) groups is 2. The van der Waals surface area contributed by atoms with Crippen molar-refractivity contribution in [2.24, 2.45) is 0 Å². The summed E-state index contributed by atoms with van der Waals surface area (Å²) in [4.78, 5) is 11.9. The van der Waals surface area contributed by atoms with E-state index in [1.165, 1.54) is 23.5 Å². The number of hydrogen-bond donors (Lipinski definition) is 1. The molecule has 0 spiro atoms. The van der Waals surface area contributed by atoms with Crippen LogP contribution in [0.15, 0.2) is 42.5 Å². The summed E-state index contributed by atoms with van der Waals surface area (Å²) in [5.41, 5.74) is 1.92. The minimum Gasteiger partial charge on any atom is -0.508 e. The van der Waals surface area contributed by atoms with Crippen LogP contribution in [0, 0.1) is 0 Å². The van der Waals surface area contributed by atoms with Crippen LogP contribution in [-0.2, 0) is 12.2 Å². The first kappa shape index (κ1) is 17.5. The molecule has 0 saturated carbocycles. The molecule has 0 aliphatic heterocycles. The van der Waals surface area contributed by atoms with Gasteiger partial charge >= 0.3 is 0 Å². The Labute approximate surface area is 148 Å². The number of hydrogen-bond acceptors (Lipinski definition) is 4. The topological polar surface area (TPSA) is 37.3 Å². The first-order valence-corrected chi connectivity index (χ1v) is 9.28. The fourth-order valence-electron chi connectivity index (χ4n) is 1.78. The van der Waals surface area contributed by atoms with E-state index in [4.69, 9.17) is 23.2 Å². The first-order chi connectivity index (χ1) is 10.5. The lowest BCUT2D eigenvalue weighted by Crippen LogP contribution is -1.92. The fraction of sp³-hybridized carbons (Fsp3) is 0.188. The molecule has 6 heteroatoms. The van der Waals surface area contributed by atoms with Crippen LogP contribution in [0.2, 0.25) is 10.0 Å². The van der Waals surface area contributed by atoms with Gasteiger partial charge in [-0.05, 0) is 41.8 Å². The van der Waals surface area contributed by atoms with Gasteiger partial charge in [-0.15, -0.1) is 0 Å². The average molecular weight is 373 g/mol. The van der Waals surface area contributed by atoms with E-state index in [-0.39, 0.29) is 10.2 Å². The molecule has 0 unspecified atom stereocenters. The Kier molecular flexibility index (Phi) is 6.96. The molecule has 22 heavy (non-hydrogen) atoms. The van der Waals surface area contributed by atoms with Gasteiger partial charge in [0.25, 0.3) is 0 Å². The minimum absolute atomic E-state index is 0.0613. The van der Waals surface area contributed by atoms with Gasteiger partial charge in [0.15, 0.2) is 0 Å². The molecular formula is C16H14Cl2O2S2. The maximum atomic E-state index is 11.9. The molecule has 116 valence electrons. The zero-order valence-corrected chi connectivity index (χ0v) is 14.7. The Morgan fingerprint density at radius 3 is 2.64 bits per heavy atom. The van der Waals surface area contributed by atoms with E-state index in [1.54, 1.807) is 30.3 Å². The summed E-state index contributed by atoms with van der Waals surface area (Å²) < 4.78 is 0.0613. The normalized spacial score (nSPS) is 10.6. The molecule has 2 rings (SSSR count). The third-order valence-corrected chi connectivity index (χ3v) is 5.51. The molecule has 0 atom stereocenters. The first-order valence-electron chi connectivity index (χ1n) is 6.56. The van der Waals surface area contributed by atoms with Crippen molar-refractivity contribution in [3.05, 3.63) is 63.6 Å². The number of phenolic OH excluding ortho intramolecular Hbond substituents is 1. The number of aryl methyl sites for hydroxylation is 1. The van der Waals surface area contributed by atoms with Crippen molar-refractivity contribution < 1.29 is 9.90 Å². The van der Waals surface area contributed by atoms with Gasteiger partial charge in [-0.3, -0.25) is 4.79 Å². The molecule has 0 aromatic heterocycles. The van der Waals surface area contributed by atoms with Crippen molar-refractivity contribution in [1.82, 2.24) is 0 Å². The highest BCUT2D eigenvalue weighted by atomic mass is 35.5. The van der Waals surface area contributed by atoms with Gasteiger partial charge in [0, 0.05) is 21.6 Å². The summed E-state index contributed by atoms with van der Waals surface area (Å²) in [7, 11) is 0. The lowest BCUT2D eigenvalue weighted by Gasteiger charge is -2.04. The zero-order valence-electron chi connectivity index (χ0n) is 11.6. The molecule has 2 aromatic carbocycles. The Bertz CT molecular complexity index is 662. The second-order valence-electron chi connectivity index (χ2n) is 4.54. The van der Waals surface area contributed by atoms with Crippen LogP contribution in [0.1, 0.15) is 11.1 Å². The van der Waals surface area contributed by atoms with Gasteiger partial charge < -0.3 is 5.11 Å². The van der Waals surface area contributed by atoms with Crippen molar-refractivity contribution in [2.45, 2.75) is 12.2 Å². The molecule has 0 aliphatic carbocycles. The molecule has 0 saturated heterocycles. The monoisotopic (exact) mass is 372 g/mol. The number of halogens is 2. The number of phenols is 1. The van der Waals surface area contributed by atoms with Crippen molar-refractivity contribution in [3.63, 3.8) is 0 Å². The molecule has 1 N–H and O–H groups in total. The van der Waals surface area contributed by atoms with Crippen LogP contribution in [0.25, 0.3) is 0 Å². The van der Waals surface area contributed by atoms with Gasteiger partial charge in [-0.2, -0.15) is 0 Å². The van der Waals surface area contributed by atoms with E-state index in [1.807, 2.05) is 12.1 Å². The largest absolute Gasteiger partial charge is 0.508 e. The van der Waals surface area contributed by atoms with Gasteiger partial charge in [0.1, 0.15) is 5.75 Å². The van der Waals surface area contributed by atoms with Gasteiger partial charge in [0.05, 0.1) is 0 Å².